The van der Waals surface area contributed by atoms with Gasteiger partial charge in [0.05, 0.1) is 0 Å². The Bertz CT molecular complexity index is 207. The van der Waals surface area contributed by atoms with E-state index in [-0.39, 0.29) is 11.6 Å². The lowest BCUT2D eigenvalue weighted by Gasteiger charge is -1.95. The van der Waals surface area contributed by atoms with Crippen LogP contribution in [0.2, 0.25) is 0 Å². The predicted octanol–water partition coefficient (Wildman–Crippen LogP) is 4.91. The third-order valence-electron chi connectivity index (χ3n) is 2.97. The SMILES string of the molecule is CCCCCCC(=O)CS.CCCCCCC(=O)CS. The van der Waals surface area contributed by atoms with Crippen molar-refractivity contribution in [3.05, 3.63) is 0 Å². The molecule has 0 aliphatic heterocycles. The molecular weight excluding hydrogens is 288 g/mol. The first-order chi connectivity index (χ1) is 9.62. The Balaban J connectivity index is 0. The second-order valence-electron chi connectivity index (χ2n) is 5.01. The molecule has 0 bridgehead atoms. The normalized spacial score (nSPS) is 9.80. The van der Waals surface area contributed by atoms with E-state index in [2.05, 4.69) is 39.1 Å². The average molecular weight is 321 g/mol. The van der Waals surface area contributed by atoms with E-state index in [1.807, 2.05) is 0 Å². The number of carbonyl (C=O) groups is 2. The first-order valence-corrected chi connectivity index (χ1v) is 9.13. The number of Topliss-reactive ketones (excluding diaryl/α,β-unsaturated/α-hetero) is 2. The van der Waals surface area contributed by atoms with Gasteiger partial charge < -0.3 is 0 Å². The van der Waals surface area contributed by atoms with E-state index < -0.39 is 0 Å². The summed E-state index contributed by atoms with van der Waals surface area (Å²) in [7, 11) is 0. The largest absolute Gasteiger partial charge is 0.299 e. The van der Waals surface area contributed by atoms with Gasteiger partial charge in [-0.3, -0.25) is 9.59 Å². The number of unbranched alkanes of at least 4 members (excludes halogenated alkanes) is 6. The molecule has 4 heteroatoms. The fourth-order valence-electron chi connectivity index (χ4n) is 1.66. The van der Waals surface area contributed by atoms with Gasteiger partial charge in [0, 0.05) is 24.3 Å². The molecule has 0 saturated carbocycles. The summed E-state index contributed by atoms with van der Waals surface area (Å²) in [6.07, 6.45) is 10.9. The highest BCUT2D eigenvalue weighted by atomic mass is 32.1. The summed E-state index contributed by atoms with van der Waals surface area (Å²) in [5.74, 6) is 1.37. The summed E-state index contributed by atoms with van der Waals surface area (Å²) in [6.45, 7) is 4.33. The first kappa shape index (κ1) is 22.3. The van der Waals surface area contributed by atoms with E-state index in [1.165, 1.54) is 38.5 Å². The van der Waals surface area contributed by atoms with Crippen LogP contribution < -0.4 is 0 Å². The Morgan fingerprint density at radius 2 is 1.00 bits per heavy atom. The second-order valence-corrected chi connectivity index (χ2v) is 5.65. The third kappa shape index (κ3) is 20.4. The van der Waals surface area contributed by atoms with E-state index in [9.17, 15) is 9.59 Å². The lowest BCUT2D eigenvalue weighted by atomic mass is 10.1. The molecule has 0 rings (SSSR count). The molecule has 20 heavy (non-hydrogen) atoms. The summed E-state index contributed by atoms with van der Waals surface area (Å²) >= 11 is 7.78. The van der Waals surface area contributed by atoms with Crippen molar-refractivity contribution in [2.75, 3.05) is 11.5 Å². The van der Waals surface area contributed by atoms with Gasteiger partial charge in [0.15, 0.2) is 0 Å². The van der Waals surface area contributed by atoms with Gasteiger partial charge in [0.2, 0.25) is 0 Å². The molecule has 120 valence electrons. The van der Waals surface area contributed by atoms with Crippen LogP contribution in [0.1, 0.15) is 78.1 Å². The Hall–Kier alpha value is 0.0400. The van der Waals surface area contributed by atoms with Gasteiger partial charge in [-0.2, -0.15) is 25.3 Å². The Morgan fingerprint density at radius 1 is 0.650 bits per heavy atom. The molecule has 0 unspecified atom stereocenters. The van der Waals surface area contributed by atoms with Gasteiger partial charge in [-0.25, -0.2) is 0 Å². The summed E-state index contributed by atoms with van der Waals surface area (Å²) in [5.41, 5.74) is 0. The summed E-state index contributed by atoms with van der Waals surface area (Å²) in [4.78, 5) is 21.4. The van der Waals surface area contributed by atoms with Gasteiger partial charge >= 0.3 is 0 Å². The molecule has 0 amide bonds. The molecule has 0 heterocycles. The molecule has 0 aromatic heterocycles. The predicted molar refractivity (Wildman–Crippen MR) is 95.2 cm³/mol. The Morgan fingerprint density at radius 3 is 1.25 bits per heavy atom. The van der Waals surface area contributed by atoms with Crippen LogP contribution in [0.5, 0.6) is 0 Å². The number of carbonyl (C=O) groups excluding carboxylic acids is 2. The molecule has 0 aromatic carbocycles. The molecule has 0 saturated heterocycles. The molecule has 2 nitrogen and oxygen atoms in total. The fourth-order valence-corrected chi connectivity index (χ4v) is 1.97. The molecule has 0 N–H and O–H groups in total. The molecule has 0 aliphatic rings. The summed E-state index contributed by atoms with van der Waals surface area (Å²) in [6, 6.07) is 0. The minimum absolute atomic E-state index is 0.277. The van der Waals surface area contributed by atoms with Crippen molar-refractivity contribution in [3.63, 3.8) is 0 Å². The number of ketones is 2. The minimum Gasteiger partial charge on any atom is -0.299 e. The van der Waals surface area contributed by atoms with Crippen molar-refractivity contribution in [2.45, 2.75) is 78.1 Å². The van der Waals surface area contributed by atoms with E-state index in [4.69, 9.17) is 0 Å². The van der Waals surface area contributed by atoms with Gasteiger partial charge in [-0.15, -0.1) is 0 Å². The maximum Gasteiger partial charge on any atom is 0.142 e. The molecule has 0 aliphatic carbocycles. The van der Waals surface area contributed by atoms with Crippen molar-refractivity contribution in [3.8, 4) is 0 Å². The summed E-state index contributed by atoms with van der Waals surface area (Å²) < 4.78 is 0. The van der Waals surface area contributed by atoms with Crippen LogP contribution >= 0.6 is 25.3 Å². The van der Waals surface area contributed by atoms with Crippen LogP contribution in [0.25, 0.3) is 0 Å². The van der Waals surface area contributed by atoms with Crippen molar-refractivity contribution in [1.29, 1.82) is 0 Å². The van der Waals surface area contributed by atoms with Crippen molar-refractivity contribution in [2.24, 2.45) is 0 Å². The van der Waals surface area contributed by atoms with Crippen LogP contribution in [0.4, 0.5) is 0 Å². The van der Waals surface area contributed by atoms with E-state index in [1.54, 1.807) is 0 Å². The smallest absolute Gasteiger partial charge is 0.142 e. The highest BCUT2D eigenvalue weighted by Gasteiger charge is 1.97. The van der Waals surface area contributed by atoms with Crippen LogP contribution in [0, 0.1) is 0 Å². The van der Waals surface area contributed by atoms with Crippen LogP contribution in [0.3, 0.4) is 0 Å². The quantitative estimate of drug-likeness (QED) is 0.396. The standard InChI is InChI=1S/2C8H16OS/c2*1-2-3-4-5-6-8(9)7-10/h2*10H,2-7H2,1H3. The monoisotopic (exact) mass is 320 g/mol. The van der Waals surface area contributed by atoms with E-state index in [0.29, 0.717) is 11.5 Å². The highest BCUT2D eigenvalue weighted by molar-refractivity contribution is 7.81. The maximum atomic E-state index is 10.7. The molecule has 0 aromatic rings. The second kappa shape index (κ2) is 19.0. The lowest BCUT2D eigenvalue weighted by Crippen LogP contribution is -1.97. The van der Waals surface area contributed by atoms with Crippen LogP contribution in [-0.4, -0.2) is 23.1 Å². The maximum absolute atomic E-state index is 10.7. The molecule has 0 atom stereocenters. The first-order valence-electron chi connectivity index (χ1n) is 7.87. The molecular formula is C16H32O2S2. The topological polar surface area (TPSA) is 34.1 Å². The molecule has 0 fully saturated rings. The number of hydrogen-bond donors (Lipinski definition) is 2. The van der Waals surface area contributed by atoms with Gasteiger partial charge in [-0.05, 0) is 12.8 Å². The summed E-state index contributed by atoms with van der Waals surface area (Å²) in [5, 5.41) is 0. The zero-order valence-electron chi connectivity index (χ0n) is 13.2. The number of rotatable bonds is 12. The Labute approximate surface area is 136 Å². The highest BCUT2D eigenvalue weighted by Crippen LogP contribution is 2.03. The van der Waals surface area contributed by atoms with E-state index in [0.717, 1.165) is 25.7 Å². The van der Waals surface area contributed by atoms with Crippen molar-refractivity contribution < 1.29 is 9.59 Å². The fraction of sp³-hybridized carbons (Fsp3) is 0.875. The van der Waals surface area contributed by atoms with Crippen molar-refractivity contribution >= 4 is 36.8 Å². The number of hydrogen-bond acceptors (Lipinski definition) is 4. The molecule has 0 spiro atoms. The van der Waals surface area contributed by atoms with Crippen LogP contribution in [0.15, 0.2) is 0 Å². The number of thiol groups is 2. The third-order valence-corrected chi connectivity index (χ3v) is 3.68. The average Bonchev–Trinajstić information content (AvgIpc) is 2.48. The van der Waals surface area contributed by atoms with E-state index >= 15 is 0 Å². The van der Waals surface area contributed by atoms with Gasteiger partial charge in [0.25, 0.3) is 0 Å². The Kier molecular flexibility index (Phi) is 21.3. The minimum atomic E-state index is 0.277. The van der Waals surface area contributed by atoms with Crippen molar-refractivity contribution in [1.82, 2.24) is 0 Å². The van der Waals surface area contributed by atoms with Crippen LogP contribution in [-0.2, 0) is 9.59 Å². The zero-order chi connectivity index (χ0) is 15.6. The lowest BCUT2D eigenvalue weighted by molar-refractivity contribution is -0.117. The molecule has 0 radical (unpaired) electrons. The van der Waals surface area contributed by atoms with Gasteiger partial charge in [0.1, 0.15) is 11.6 Å². The zero-order valence-corrected chi connectivity index (χ0v) is 15.0. The van der Waals surface area contributed by atoms with Gasteiger partial charge in [-0.1, -0.05) is 52.4 Å².